The molecule has 0 saturated carbocycles. The molecule has 1 unspecified atom stereocenters. The summed E-state index contributed by atoms with van der Waals surface area (Å²) >= 11 is 0. The Morgan fingerprint density at radius 3 is 2.47 bits per heavy atom. The highest BCUT2D eigenvalue weighted by molar-refractivity contribution is 5.31. The molecule has 0 aliphatic rings. The minimum Gasteiger partial charge on any atom is -0.298 e. The van der Waals surface area contributed by atoms with Gasteiger partial charge >= 0.3 is 6.18 Å². The molecule has 0 spiro atoms. The zero-order chi connectivity index (χ0) is 13.1. The molecule has 6 heteroatoms. The number of hydrogen-bond donors (Lipinski definition) is 1. The Labute approximate surface area is 95.9 Å². The molecule has 0 bridgehead atoms. The maximum absolute atomic E-state index is 13.1. The minimum atomic E-state index is -4.62. The molecule has 1 aromatic rings. The molecule has 1 rings (SSSR count). The summed E-state index contributed by atoms with van der Waals surface area (Å²) in [4.78, 5) is 0. The quantitative estimate of drug-likeness (QED) is 0.832. The van der Waals surface area contributed by atoms with E-state index < -0.39 is 23.6 Å². The molecule has 0 aromatic heterocycles. The van der Waals surface area contributed by atoms with Crippen LogP contribution >= 0.6 is 0 Å². The molecular formula is C11H10F4N2. The summed E-state index contributed by atoms with van der Waals surface area (Å²) in [6.07, 6.45) is -4.62. The van der Waals surface area contributed by atoms with Crippen molar-refractivity contribution in [2.45, 2.75) is 19.1 Å². The van der Waals surface area contributed by atoms with Crippen molar-refractivity contribution in [3.05, 3.63) is 35.1 Å². The molecule has 1 N–H and O–H groups in total. The Morgan fingerprint density at radius 1 is 1.35 bits per heavy atom. The lowest BCUT2D eigenvalue weighted by atomic mass is 10.0. The van der Waals surface area contributed by atoms with Crippen molar-refractivity contribution in [1.82, 2.24) is 5.32 Å². The highest BCUT2D eigenvalue weighted by Gasteiger charge is 2.32. The van der Waals surface area contributed by atoms with E-state index in [0.717, 1.165) is 12.1 Å². The van der Waals surface area contributed by atoms with Crippen LogP contribution in [0.2, 0.25) is 0 Å². The van der Waals surface area contributed by atoms with Crippen molar-refractivity contribution in [2.24, 2.45) is 0 Å². The van der Waals surface area contributed by atoms with E-state index in [1.54, 1.807) is 13.0 Å². The summed E-state index contributed by atoms with van der Waals surface area (Å²) < 4.78 is 50.4. The SMILES string of the molecule is CCNC(C#N)c1cc(F)cc(C(F)(F)F)c1. The third-order valence-electron chi connectivity index (χ3n) is 2.12. The van der Waals surface area contributed by atoms with Gasteiger partial charge in [-0.25, -0.2) is 4.39 Å². The lowest BCUT2D eigenvalue weighted by Crippen LogP contribution is -2.20. The summed E-state index contributed by atoms with van der Waals surface area (Å²) in [5, 5.41) is 11.4. The van der Waals surface area contributed by atoms with E-state index in [2.05, 4.69) is 5.32 Å². The first-order valence-corrected chi connectivity index (χ1v) is 4.89. The first-order valence-electron chi connectivity index (χ1n) is 4.89. The van der Waals surface area contributed by atoms with Crippen LogP contribution in [0.1, 0.15) is 24.1 Å². The van der Waals surface area contributed by atoms with Crippen LogP contribution in [-0.2, 0) is 6.18 Å². The number of hydrogen-bond acceptors (Lipinski definition) is 2. The fourth-order valence-corrected chi connectivity index (χ4v) is 1.38. The van der Waals surface area contributed by atoms with Gasteiger partial charge in [0.25, 0.3) is 0 Å². The van der Waals surface area contributed by atoms with Gasteiger partial charge in [-0.1, -0.05) is 6.92 Å². The van der Waals surface area contributed by atoms with Crippen LogP contribution in [0.15, 0.2) is 18.2 Å². The third kappa shape index (κ3) is 3.43. The van der Waals surface area contributed by atoms with E-state index in [-0.39, 0.29) is 5.56 Å². The minimum absolute atomic E-state index is 0.0262. The Hall–Kier alpha value is -1.61. The van der Waals surface area contributed by atoms with Gasteiger partial charge in [-0.05, 0) is 30.3 Å². The van der Waals surface area contributed by atoms with Gasteiger partial charge in [-0.2, -0.15) is 18.4 Å². The second-order valence-electron chi connectivity index (χ2n) is 3.39. The molecule has 1 atom stereocenters. The number of nitrogens with one attached hydrogen (secondary N) is 1. The van der Waals surface area contributed by atoms with Gasteiger partial charge in [0.1, 0.15) is 11.9 Å². The molecule has 0 fully saturated rings. The normalized spacial score (nSPS) is 13.2. The van der Waals surface area contributed by atoms with Crippen molar-refractivity contribution in [3.63, 3.8) is 0 Å². The molecule has 2 nitrogen and oxygen atoms in total. The molecular weight excluding hydrogens is 236 g/mol. The fourth-order valence-electron chi connectivity index (χ4n) is 1.38. The number of nitrogens with zero attached hydrogens (tertiary/aromatic N) is 1. The predicted molar refractivity (Wildman–Crippen MR) is 53.4 cm³/mol. The number of alkyl halides is 3. The van der Waals surface area contributed by atoms with Gasteiger partial charge in [-0.3, -0.25) is 5.32 Å². The topological polar surface area (TPSA) is 35.8 Å². The molecule has 17 heavy (non-hydrogen) atoms. The average molecular weight is 246 g/mol. The largest absolute Gasteiger partial charge is 0.416 e. The van der Waals surface area contributed by atoms with Gasteiger partial charge in [0.2, 0.25) is 0 Å². The van der Waals surface area contributed by atoms with Crippen molar-refractivity contribution in [1.29, 1.82) is 5.26 Å². The summed E-state index contributed by atoms with van der Waals surface area (Å²) in [6.45, 7) is 2.10. The number of benzene rings is 1. The van der Waals surface area contributed by atoms with Crippen molar-refractivity contribution < 1.29 is 17.6 Å². The first kappa shape index (κ1) is 13.5. The van der Waals surface area contributed by atoms with Gasteiger partial charge in [0, 0.05) is 0 Å². The van der Waals surface area contributed by atoms with Crippen LogP contribution in [0.3, 0.4) is 0 Å². The molecule has 92 valence electrons. The van der Waals surface area contributed by atoms with Crippen LogP contribution in [-0.4, -0.2) is 6.54 Å². The van der Waals surface area contributed by atoms with Crippen molar-refractivity contribution in [3.8, 4) is 6.07 Å². The van der Waals surface area contributed by atoms with E-state index >= 15 is 0 Å². The molecule has 0 saturated heterocycles. The molecule has 0 aliphatic carbocycles. The fraction of sp³-hybridized carbons (Fsp3) is 0.364. The summed E-state index contributed by atoms with van der Waals surface area (Å²) in [7, 11) is 0. The van der Waals surface area contributed by atoms with Gasteiger partial charge in [-0.15, -0.1) is 0 Å². The Morgan fingerprint density at radius 2 is 2.00 bits per heavy atom. The van der Waals surface area contributed by atoms with Crippen LogP contribution in [0, 0.1) is 17.1 Å². The zero-order valence-corrected chi connectivity index (χ0v) is 8.98. The first-order chi connectivity index (χ1) is 7.88. The van der Waals surface area contributed by atoms with E-state index in [0.29, 0.717) is 12.6 Å². The Kier molecular flexibility index (Phi) is 4.07. The smallest absolute Gasteiger partial charge is 0.298 e. The van der Waals surface area contributed by atoms with Crippen molar-refractivity contribution in [2.75, 3.05) is 6.54 Å². The molecule has 1 aromatic carbocycles. The van der Waals surface area contributed by atoms with Crippen LogP contribution in [0.25, 0.3) is 0 Å². The standard InChI is InChI=1S/C11H10F4N2/c1-2-17-10(6-16)7-3-8(11(13,14)15)5-9(12)4-7/h3-5,10,17H,2H2,1H3. The second-order valence-corrected chi connectivity index (χ2v) is 3.39. The second kappa shape index (κ2) is 5.15. The van der Waals surface area contributed by atoms with E-state index in [1.807, 2.05) is 0 Å². The molecule has 0 amide bonds. The highest BCUT2D eigenvalue weighted by Crippen LogP contribution is 2.31. The van der Waals surface area contributed by atoms with Crippen molar-refractivity contribution >= 4 is 0 Å². The lowest BCUT2D eigenvalue weighted by Gasteiger charge is -2.13. The van der Waals surface area contributed by atoms with E-state index in [1.165, 1.54) is 0 Å². The van der Waals surface area contributed by atoms with E-state index in [9.17, 15) is 17.6 Å². The predicted octanol–water partition coefficient (Wildman–Crippen LogP) is 3.02. The zero-order valence-electron chi connectivity index (χ0n) is 8.98. The van der Waals surface area contributed by atoms with Gasteiger partial charge < -0.3 is 0 Å². The molecule has 0 radical (unpaired) electrons. The molecule has 0 heterocycles. The number of nitriles is 1. The van der Waals surface area contributed by atoms with Crippen LogP contribution in [0.5, 0.6) is 0 Å². The number of halogens is 4. The highest BCUT2D eigenvalue weighted by atomic mass is 19.4. The van der Waals surface area contributed by atoms with Crippen LogP contribution in [0.4, 0.5) is 17.6 Å². The van der Waals surface area contributed by atoms with Gasteiger partial charge in [0.05, 0.1) is 11.6 Å². The summed E-state index contributed by atoms with van der Waals surface area (Å²) in [5.74, 6) is -1.01. The summed E-state index contributed by atoms with van der Waals surface area (Å²) in [6, 6.07) is 2.94. The maximum Gasteiger partial charge on any atom is 0.416 e. The number of rotatable bonds is 3. The maximum atomic E-state index is 13.1. The molecule has 0 aliphatic heterocycles. The Bertz CT molecular complexity index is 434. The van der Waals surface area contributed by atoms with Crippen LogP contribution < -0.4 is 5.32 Å². The lowest BCUT2D eigenvalue weighted by molar-refractivity contribution is -0.137. The monoisotopic (exact) mass is 246 g/mol. The summed E-state index contributed by atoms with van der Waals surface area (Å²) in [5.41, 5.74) is -1.12. The average Bonchev–Trinajstić information content (AvgIpc) is 2.23. The van der Waals surface area contributed by atoms with E-state index in [4.69, 9.17) is 5.26 Å². The third-order valence-corrected chi connectivity index (χ3v) is 2.12. The van der Waals surface area contributed by atoms with Gasteiger partial charge in [0.15, 0.2) is 0 Å². The Balaban J connectivity index is 3.18.